The molecule has 1 saturated heterocycles. The molecule has 0 aromatic heterocycles. The van der Waals surface area contributed by atoms with Crippen molar-refractivity contribution in [2.24, 2.45) is 0 Å². The summed E-state index contributed by atoms with van der Waals surface area (Å²) in [7, 11) is -2.89. The normalized spacial score (nSPS) is 25.5. The van der Waals surface area contributed by atoms with E-state index in [1.165, 1.54) is 0 Å². The second-order valence-electron chi connectivity index (χ2n) is 4.28. The zero-order valence-corrected chi connectivity index (χ0v) is 11.3. The first-order chi connectivity index (χ1) is 7.57. The fourth-order valence-electron chi connectivity index (χ4n) is 1.68. The SMILES string of the molecule is C[Si]1(C)OCC(CS(=O)c2ccccc2)O1. The smallest absolute Gasteiger partial charge is 0.332 e. The maximum Gasteiger partial charge on any atom is 0.332 e. The Morgan fingerprint density at radius 2 is 2.06 bits per heavy atom. The summed E-state index contributed by atoms with van der Waals surface area (Å²) in [6.45, 7) is 4.61. The predicted octanol–water partition coefficient (Wildman–Crippen LogP) is 1.91. The summed E-state index contributed by atoms with van der Waals surface area (Å²) < 4.78 is 23.3. The standard InChI is InChI=1S/C11H16O3SSi/c1-16(2)13-8-10(14-16)9-15(12)11-6-4-3-5-7-11/h3-7,10H,8-9H2,1-2H3. The van der Waals surface area contributed by atoms with E-state index in [4.69, 9.17) is 8.85 Å². The molecule has 2 unspecified atom stereocenters. The molecule has 1 aromatic carbocycles. The van der Waals surface area contributed by atoms with Crippen LogP contribution in [0.3, 0.4) is 0 Å². The van der Waals surface area contributed by atoms with Crippen LogP contribution in [-0.4, -0.2) is 31.2 Å². The fraction of sp³-hybridized carbons (Fsp3) is 0.455. The summed E-state index contributed by atoms with van der Waals surface area (Å²) in [5, 5.41) is 0. The number of benzene rings is 1. The lowest BCUT2D eigenvalue weighted by atomic mass is 10.4. The highest BCUT2D eigenvalue weighted by Gasteiger charge is 2.36. The Kier molecular flexibility index (Phi) is 3.59. The van der Waals surface area contributed by atoms with E-state index in [-0.39, 0.29) is 6.10 Å². The second-order valence-corrected chi connectivity index (χ2v) is 9.10. The molecule has 0 saturated carbocycles. The van der Waals surface area contributed by atoms with Crippen LogP contribution in [0.4, 0.5) is 0 Å². The second kappa shape index (κ2) is 4.79. The summed E-state index contributed by atoms with van der Waals surface area (Å²) in [5.74, 6) is 0.528. The van der Waals surface area contributed by atoms with E-state index in [9.17, 15) is 4.21 Å². The van der Waals surface area contributed by atoms with Crippen LogP contribution in [0.2, 0.25) is 13.1 Å². The van der Waals surface area contributed by atoms with Gasteiger partial charge in [0.25, 0.3) is 0 Å². The summed E-state index contributed by atoms with van der Waals surface area (Å²) >= 11 is 0. The highest BCUT2D eigenvalue weighted by molar-refractivity contribution is 7.85. The lowest BCUT2D eigenvalue weighted by Gasteiger charge is -2.13. The molecule has 1 aromatic rings. The molecule has 2 rings (SSSR count). The van der Waals surface area contributed by atoms with Crippen LogP contribution in [0.15, 0.2) is 35.2 Å². The van der Waals surface area contributed by atoms with E-state index >= 15 is 0 Å². The topological polar surface area (TPSA) is 35.5 Å². The molecule has 0 bridgehead atoms. The largest absolute Gasteiger partial charge is 0.392 e. The molecule has 5 heteroatoms. The van der Waals surface area contributed by atoms with Crippen LogP contribution >= 0.6 is 0 Å². The monoisotopic (exact) mass is 256 g/mol. The maximum atomic E-state index is 12.0. The number of hydrogen-bond acceptors (Lipinski definition) is 3. The zero-order valence-electron chi connectivity index (χ0n) is 9.51. The molecule has 88 valence electrons. The van der Waals surface area contributed by atoms with Gasteiger partial charge in [0, 0.05) is 4.90 Å². The van der Waals surface area contributed by atoms with E-state index in [0.29, 0.717) is 12.4 Å². The van der Waals surface area contributed by atoms with Crippen LogP contribution in [0, 0.1) is 0 Å². The van der Waals surface area contributed by atoms with E-state index in [1.807, 2.05) is 43.4 Å². The van der Waals surface area contributed by atoms with Crippen molar-refractivity contribution in [1.82, 2.24) is 0 Å². The van der Waals surface area contributed by atoms with Crippen LogP contribution in [0.1, 0.15) is 0 Å². The molecule has 1 heterocycles. The molecule has 0 aliphatic carbocycles. The van der Waals surface area contributed by atoms with Gasteiger partial charge in [-0.05, 0) is 25.2 Å². The summed E-state index contributed by atoms with van der Waals surface area (Å²) in [4.78, 5) is 0.859. The summed E-state index contributed by atoms with van der Waals surface area (Å²) in [6, 6.07) is 9.49. The number of rotatable bonds is 3. The van der Waals surface area contributed by atoms with Gasteiger partial charge in [0.05, 0.1) is 29.3 Å². The Labute approximate surface area is 99.5 Å². The minimum atomic E-state index is -1.91. The average Bonchev–Trinajstić information content (AvgIpc) is 2.59. The van der Waals surface area contributed by atoms with Crippen LogP contribution < -0.4 is 0 Å². The summed E-state index contributed by atoms with van der Waals surface area (Å²) in [6.07, 6.45) is -0.0114. The third-order valence-electron chi connectivity index (χ3n) is 2.41. The first-order valence-electron chi connectivity index (χ1n) is 5.32. The Morgan fingerprint density at radius 3 is 2.62 bits per heavy atom. The van der Waals surface area contributed by atoms with Gasteiger partial charge in [0.2, 0.25) is 0 Å². The van der Waals surface area contributed by atoms with Crippen molar-refractivity contribution in [2.75, 3.05) is 12.4 Å². The fourth-order valence-corrected chi connectivity index (χ4v) is 4.57. The quantitative estimate of drug-likeness (QED) is 0.775. The van der Waals surface area contributed by atoms with Crippen molar-refractivity contribution in [3.05, 3.63) is 30.3 Å². The first-order valence-corrected chi connectivity index (χ1v) is 9.45. The molecule has 0 amide bonds. The van der Waals surface area contributed by atoms with E-state index in [2.05, 4.69) is 0 Å². The lowest BCUT2D eigenvalue weighted by molar-refractivity contribution is 0.256. The molecule has 16 heavy (non-hydrogen) atoms. The molecule has 1 aliphatic heterocycles. The van der Waals surface area contributed by atoms with Gasteiger partial charge in [0.15, 0.2) is 0 Å². The lowest BCUT2D eigenvalue weighted by Crippen LogP contribution is -2.29. The predicted molar refractivity (Wildman–Crippen MR) is 66.0 cm³/mol. The molecule has 1 fully saturated rings. The molecule has 2 atom stereocenters. The molecule has 0 spiro atoms. The Morgan fingerprint density at radius 1 is 1.38 bits per heavy atom. The Hall–Kier alpha value is -0.493. The third kappa shape index (κ3) is 3.01. The first kappa shape index (κ1) is 12.0. The van der Waals surface area contributed by atoms with Crippen LogP contribution in [-0.2, 0) is 19.7 Å². The molecule has 1 aliphatic rings. The summed E-state index contributed by atoms with van der Waals surface area (Å²) in [5.41, 5.74) is 0. The Bertz CT molecular complexity index is 380. The molecular weight excluding hydrogens is 240 g/mol. The van der Waals surface area contributed by atoms with Crippen molar-refractivity contribution in [3.8, 4) is 0 Å². The van der Waals surface area contributed by atoms with Crippen molar-refractivity contribution in [2.45, 2.75) is 24.1 Å². The Balaban J connectivity index is 1.94. The van der Waals surface area contributed by atoms with Crippen molar-refractivity contribution in [1.29, 1.82) is 0 Å². The highest BCUT2D eigenvalue weighted by Crippen LogP contribution is 2.20. The minimum Gasteiger partial charge on any atom is -0.392 e. The van der Waals surface area contributed by atoms with Gasteiger partial charge in [-0.3, -0.25) is 4.21 Å². The van der Waals surface area contributed by atoms with Gasteiger partial charge in [-0.25, -0.2) is 0 Å². The van der Waals surface area contributed by atoms with Crippen molar-refractivity contribution >= 4 is 19.4 Å². The maximum absolute atomic E-state index is 12.0. The third-order valence-corrected chi connectivity index (χ3v) is 5.65. The van der Waals surface area contributed by atoms with Crippen LogP contribution in [0.5, 0.6) is 0 Å². The van der Waals surface area contributed by atoms with E-state index in [1.54, 1.807) is 0 Å². The van der Waals surface area contributed by atoms with Crippen molar-refractivity contribution < 1.29 is 13.1 Å². The van der Waals surface area contributed by atoms with Gasteiger partial charge in [-0.15, -0.1) is 0 Å². The van der Waals surface area contributed by atoms with Crippen molar-refractivity contribution in [3.63, 3.8) is 0 Å². The van der Waals surface area contributed by atoms with E-state index < -0.39 is 19.4 Å². The van der Waals surface area contributed by atoms with Gasteiger partial charge in [-0.1, -0.05) is 18.2 Å². The molecule has 0 radical (unpaired) electrons. The highest BCUT2D eigenvalue weighted by atomic mass is 32.2. The van der Waals surface area contributed by atoms with E-state index in [0.717, 1.165) is 4.90 Å². The molecule has 0 N–H and O–H groups in total. The number of hydrogen-bond donors (Lipinski definition) is 0. The van der Waals surface area contributed by atoms with Gasteiger partial charge >= 0.3 is 8.56 Å². The van der Waals surface area contributed by atoms with Gasteiger partial charge in [0.1, 0.15) is 0 Å². The van der Waals surface area contributed by atoms with Gasteiger partial charge < -0.3 is 8.85 Å². The van der Waals surface area contributed by atoms with Gasteiger partial charge in [-0.2, -0.15) is 0 Å². The van der Waals surface area contributed by atoms with Crippen LogP contribution in [0.25, 0.3) is 0 Å². The molecular formula is C11H16O3SSi. The average molecular weight is 256 g/mol. The molecule has 3 nitrogen and oxygen atoms in total. The minimum absolute atomic E-state index is 0.0114. The zero-order chi connectivity index (χ0) is 11.6.